The molecule has 0 aliphatic rings. The number of nitrogens with one attached hydrogen (secondary N) is 1. The summed E-state index contributed by atoms with van der Waals surface area (Å²) >= 11 is 4.93. The zero-order chi connectivity index (χ0) is 14.4. The van der Waals surface area contributed by atoms with Crippen molar-refractivity contribution in [2.24, 2.45) is 0 Å². The summed E-state index contributed by atoms with van der Waals surface area (Å²) in [6.07, 6.45) is 1.73. The quantitative estimate of drug-likeness (QED) is 0.833. The minimum Gasteiger partial charge on any atom is -0.349 e. The second-order valence-electron chi connectivity index (χ2n) is 4.27. The molecule has 0 unspecified atom stereocenters. The van der Waals surface area contributed by atoms with E-state index in [-0.39, 0.29) is 11.9 Å². The normalized spacial score (nSPS) is 11.9. The Morgan fingerprint density at radius 1 is 1.30 bits per heavy atom. The Hall–Kier alpha value is -1.33. The van der Waals surface area contributed by atoms with Crippen LogP contribution in [0.25, 0.3) is 0 Å². The van der Waals surface area contributed by atoms with Gasteiger partial charge in [-0.3, -0.25) is 4.79 Å². The number of nitrogens with zero attached hydrogens (tertiary/aromatic N) is 1. The molecule has 104 valence electrons. The van der Waals surface area contributed by atoms with E-state index >= 15 is 0 Å². The molecule has 0 saturated heterocycles. The predicted octanol–water partition coefficient (Wildman–Crippen LogP) is 3.81. The van der Waals surface area contributed by atoms with Crippen molar-refractivity contribution in [1.29, 1.82) is 0 Å². The van der Waals surface area contributed by atoms with Crippen molar-refractivity contribution in [2.45, 2.75) is 18.0 Å². The van der Waals surface area contributed by atoms with Gasteiger partial charge in [-0.2, -0.15) is 0 Å². The van der Waals surface area contributed by atoms with Gasteiger partial charge in [-0.25, -0.2) is 4.98 Å². The molecule has 0 radical (unpaired) electrons. The van der Waals surface area contributed by atoms with Gasteiger partial charge in [0.1, 0.15) is 0 Å². The van der Waals surface area contributed by atoms with Crippen LogP contribution in [0.15, 0.2) is 58.2 Å². The second-order valence-corrected chi connectivity index (χ2v) is 6.12. The fraction of sp³-hybridized carbons (Fsp3) is 0.200. The molecule has 0 spiro atoms. The fourth-order valence-electron chi connectivity index (χ4n) is 1.76. The molecular weight excluding hydrogens is 336 g/mol. The average Bonchev–Trinajstić information content (AvgIpc) is 2.46. The van der Waals surface area contributed by atoms with E-state index in [1.54, 1.807) is 6.20 Å². The van der Waals surface area contributed by atoms with Crippen molar-refractivity contribution in [3.63, 3.8) is 0 Å². The molecule has 1 N–H and O–H groups in total. The standard InChI is InChI=1S/C15H15BrN2OS/c1-11(12-6-2-3-7-13(12)16)18-14(19)10-20-15-8-4-5-9-17-15/h2-9,11H,10H2,1H3,(H,18,19)/t11-/m0/s1. The highest BCUT2D eigenvalue weighted by atomic mass is 79.9. The summed E-state index contributed by atoms with van der Waals surface area (Å²) in [7, 11) is 0. The Bertz CT molecular complexity index is 577. The van der Waals surface area contributed by atoms with Crippen LogP contribution in [0.2, 0.25) is 0 Å². The molecule has 0 aliphatic carbocycles. The lowest BCUT2D eigenvalue weighted by Gasteiger charge is -2.15. The van der Waals surface area contributed by atoms with E-state index in [0.717, 1.165) is 15.1 Å². The molecule has 3 nitrogen and oxygen atoms in total. The zero-order valence-electron chi connectivity index (χ0n) is 11.0. The van der Waals surface area contributed by atoms with Gasteiger partial charge in [0.2, 0.25) is 5.91 Å². The number of pyridine rings is 1. The molecule has 2 aromatic rings. The van der Waals surface area contributed by atoms with Crippen LogP contribution in [-0.2, 0) is 4.79 Å². The Morgan fingerprint density at radius 3 is 2.75 bits per heavy atom. The molecule has 0 aliphatic heterocycles. The largest absolute Gasteiger partial charge is 0.349 e. The third-order valence-corrected chi connectivity index (χ3v) is 4.40. The van der Waals surface area contributed by atoms with Gasteiger partial charge >= 0.3 is 0 Å². The van der Waals surface area contributed by atoms with E-state index in [1.165, 1.54) is 11.8 Å². The van der Waals surface area contributed by atoms with E-state index in [2.05, 4.69) is 26.2 Å². The van der Waals surface area contributed by atoms with Gasteiger partial charge in [-0.05, 0) is 30.7 Å². The fourth-order valence-corrected chi connectivity index (χ4v) is 3.06. The number of halogens is 1. The molecule has 2 rings (SSSR count). The highest BCUT2D eigenvalue weighted by Crippen LogP contribution is 2.23. The van der Waals surface area contributed by atoms with Gasteiger partial charge in [0.05, 0.1) is 16.8 Å². The first-order valence-corrected chi connectivity index (χ1v) is 8.02. The lowest BCUT2D eigenvalue weighted by Crippen LogP contribution is -2.28. The summed E-state index contributed by atoms with van der Waals surface area (Å²) in [6.45, 7) is 1.98. The Kier molecular flexibility index (Phi) is 5.61. The van der Waals surface area contributed by atoms with Crippen LogP contribution in [0.3, 0.4) is 0 Å². The first-order valence-electron chi connectivity index (χ1n) is 6.24. The summed E-state index contributed by atoms with van der Waals surface area (Å²) in [6, 6.07) is 13.5. The highest BCUT2D eigenvalue weighted by molar-refractivity contribution is 9.10. The minimum atomic E-state index is -0.0255. The summed E-state index contributed by atoms with van der Waals surface area (Å²) in [4.78, 5) is 16.1. The monoisotopic (exact) mass is 350 g/mol. The SMILES string of the molecule is C[C@H](NC(=O)CSc1ccccn1)c1ccccc1Br. The van der Waals surface area contributed by atoms with Crippen LogP contribution in [0.1, 0.15) is 18.5 Å². The number of carbonyl (C=O) groups excluding carboxylic acids is 1. The highest BCUT2D eigenvalue weighted by Gasteiger charge is 2.12. The van der Waals surface area contributed by atoms with Crippen molar-refractivity contribution >= 4 is 33.6 Å². The van der Waals surface area contributed by atoms with Crippen molar-refractivity contribution < 1.29 is 4.79 Å². The van der Waals surface area contributed by atoms with Crippen molar-refractivity contribution in [3.8, 4) is 0 Å². The van der Waals surface area contributed by atoms with E-state index in [4.69, 9.17) is 0 Å². The second kappa shape index (κ2) is 7.45. The van der Waals surface area contributed by atoms with Gasteiger partial charge < -0.3 is 5.32 Å². The van der Waals surface area contributed by atoms with Crippen LogP contribution in [0.5, 0.6) is 0 Å². The topological polar surface area (TPSA) is 42.0 Å². The lowest BCUT2D eigenvalue weighted by molar-refractivity contribution is -0.119. The third-order valence-electron chi connectivity index (χ3n) is 2.74. The summed E-state index contributed by atoms with van der Waals surface area (Å²) in [5.74, 6) is 0.370. The van der Waals surface area contributed by atoms with Crippen LogP contribution >= 0.6 is 27.7 Å². The number of carbonyl (C=O) groups is 1. The number of hydrogen-bond donors (Lipinski definition) is 1. The number of hydrogen-bond acceptors (Lipinski definition) is 3. The van der Waals surface area contributed by atoms with Gasteiger partial charge in [0.15, 0.2) is 0 Å². The molecule has 20 heavy (non-hydrogen) atoms. The smallest absolute Gasteiger partial charge is 0.230 e. The molecule has 0 bridgehead atoms. The van der Waals surface area contributed by atoms with Crippen LogP contribution in [-0.4, -0.2) is 16.6 Å². The minimum absolute atomic E-state index is 0.00362. The van der Waals surface area contributed by atoms with Gasteiger partial charge in [0.25, 0.3) is 0 Å². The van der Waals surface area contributed by atoms with Gasteiger partial charge in [-0.1, -0.05) is 52.0 Å². The van der Waals surface area contributed by atoms with Gasteiger partial charge in [0, 0.05) is 10.7 Å². The predicted molar refractivity (Wildman–Crippen MR) is 85.7 cm³/mol. The maximum atomic E-state index is 11.9. The van der Waals surface area contributed by atoms with Crippen molar-refractivity contribution in [2.75, 3.05) is 5.75 Å². The van der Waals surface area contributed by atoms with Crippen LogP contribution < -0.4 is 5.32 Å². The number of thioether (sulfide) groups is 1. The molecule has 1 aromatic heterocycles. The molecule has 1 amide bonds. The van der Waals surface area contributed by atoms with E-state index < -0.39 is 0 Å². The van der Waals surface area contributed by atoms with E-state index in [1.807, 2.05) is 49.4 Å². The molecule has 0 saturated carbocycles. The number of rotatable bonds is 5. The van der Waals surface area contributed by atoms with E-state index in [9.17, 15) is 4.79 Å². The first-order chi connectivity index (χ1) is 9.66. The van der Waals surface area contributed by atoms with Gasteiger partial charge in [-0.15, -0.1) is 0 Å². The number of amides is 1. The zero-order valence-corrected chi connectivity index (χ0v) is 13.4. The van der Waals surface area contributed by atoms with E-state index in [0.29, 0.717) is 5.75 Å². The molecule has 5 heteroatoms. The van der Waals surface area contributed by atoms with Crippen LogP contribution in [0, 0.1) is 0 Å². The molecule has 0 fully saturated rings. The number of benzene rings is 1. The molecule has 1 atom stereocenters. The van der Waals surface area contributed by atoms with Crippen molar-refractivity contribution in [3.05, 3.63) is 58.7 Å². The maximum Gasteiger partial charge on any atom is 0.230 e. The summed E-state index contributed by atoms with van der Waals surface area (Å²) < 4.78 is 1.00. The summed E-state index contributed by atoms with van der Waals surface area (Å²) in [5.41, 5.74) is 1.07. The maximum absolute atomic E-state index is 11.9. The summed E-state index contributed by atoms with van der Waals surface area (Å²) in [5, 5.41) is 3.85. The molecular formula is C15H15BrN2OS. The number of aromatic nitrogens is 1. The van der Waals surface area contributed by atoms with Crippen LogP contribution in [0.4, 0.5) is 0 Å². The molecule has 1 heterocycles. The third kappa shape index (κ3) is 4.35. The lowest BCUT2D eigenvalue weighted by atomic mass is 10.1. The Balaban J connectivity index is 1.87. The Labute approximate surface area is 131 Å². The average molecular weight is 351 g/mol. The first kappa shape index (κ1) is 15.1. The Morgan fingerprint density at radius 2 is 2.05 bits per heavy atom. The molecule has 1 aromatic carbocycles. The van der Waals surface area contributed by atoms with Crippen molar-refractivity contribution in [1.82, 2.24) is 10.3 Å².